The van der Waals surface area contributed by atoms with Crippen LogP contribution in [0.1, 0.15) is 26.5 Å². The van der Waals surface area contributed by atoms with Gasteiger partial charge in [-0.2, -0.15) is 0 Å². The molecule has 0 aliphatic rings. The third-order valence-corrected chi connectivity index (χ3v) is 6.45. The number of carbonyl (C=O) groups is 1. The van der Waals surface area contributed by atoms with Gasteiger partial charge in [-0.15, -0.1) is 5.10 Å². The fourth-order valence-corrected chi connectivity index (χ4v) is 4.58. The predicted molar refractivity (Wildman–Crippen MR) is 113 cm³/mol. The number of hydrogen-bond acceptors (Lipinski definition) is 7. The largest absolute Gasteiger partial charge is 0.494 e. The lowest BCUT2D eigenvalue weighted by atomic mass is 10.2. The zero-order chi connectivity index (χ0) is 19.7. The molecule has 0 atom stereocenters. The molecular formula is C20H18N4O2S2. The van der Waals surface area contributed by atoms with Crippen LogP contribution in [-0.4, -0.2) is 27.6 Å². The van der Waals surface area contributed by atoms with Crippen molar-refractivity contribution in [1.82, 2.24) is 14.6 Å². The maximum atomic E-state index is 13.3. The van der Waals surface area contributed by atoms with Crippen molar-refractivity contribution in [3.63, 3.8) is 0 Å². The Morgan fingerprint density at radius 3 is 2.61 bits per heavy atom. The zero-order valence-corrected chi connectivity index (χ0v) is 17.3. The molecule has 0 saturated carbocycles. The van der Waals surface area contributed by atoms with Gasteiger partial charge in [0.2, 0.25) is 0 Å². The minimum atomic E-state index is -0.146. The highest BCUT2D eigenvalue weighted by atomic mass is 32.1. The normalized spacial score (nSPS) is 11.0. The van der Waals surface area contributed by atoms with Crippen molar-refractivity contribution in [2.24, 2.45) is 0 Å². The number of benzene rings is 2. The topological polar surface area (TPSA) is 68.2 Å². The third kappa shape index (κ3) is 3.36. The Morgan fingerprint density at radius 2 is 1.93 bits per heavy atom. The van der Waals surface area contributed by atoms with Crippen molar-refractivity contribution in [3.05, 3.63) is 64.2 Å². The van der Waals surface area contributed by atoms with Crippen molar-refractivity contribution in [1.29, 1.82) is 0 Å². The van der Waals surface area contributed by atoms with E-state index in [1.807, 2.05) is 49.4 Å². The molecule has 4 aromatic rings. The number of aromatic nitrogens is 3. The third-order valence-electron chi connectivity index (χ3n) is 4.42. The van der Waals surface area contributed by atoms with E-state index in [1.54, 1.807) is 18.9 Å². The number of nitrogens with zero attached hydrogens (tertiary/aromatic N) is 4. The molecule has 8 heteroatoms. The maximum Gasteiger partial charge on any atom is 0.274 e. The molecule has 28 heavy (non-hydrogen) atoms. The number of fused-ring (bicyclic) bond motifs is 1. The van der Waals surface area contributed by atoms with Crippen molar-refractivity contribution in [2.45, 2.75) is 20.4 Å². The quantitative estimate of drug-likeness (QED) is 0.480. The smallest absolute Gasteiger partial charge is 0.274 e. The number of ether oxygens (including phenoxy) is 1. The lowest BCUT2D eigenvalue weighted by molar-refractivity contribution is 0.0988. The van der Waals surface area contributed by atoms with Gasteiger partial charge >= 0.3 is 0 Å². The van der Waals surface area contributed by atoms with Crippen LogP contribution in [0.4, 0.5) is 5.13 Å². The number of methoxy groups -OCH3 is 1. The summed E-state index contributed by atoms with van der Waals surface area (Å²) in [5.41, 5.74) is 3.52. The average Bonchev–Trinajstić information content (AvgIpc) is 3.34. The molecular weight excluding hydrogens is 392 g/mol. The first-order chi connectivity index (χ1) is 13.6. The second kappa shape index (κ2) is 7.65. The predicted octanol–water partition coefficient (Wildman–Crippen LogP) is 4.62. The number of aryl methyl sites for hydroxylation is 2. The summed E-state index contributed by atoms with van der Waals surface area (Å²) in [4.78, 5) is 20.3. The van der Waals surface area contributed by atoms with Crippen LogP contribution in [0, 0.1) is 13.8 Å². The number of amides is 1. The van der Waals surface area contributed by atoms with Crippen molar-refractivity contribution in [3.8, 4) is 5.75 Å². The summed E-state index contributed by atoms with van der Waals surface area (Å²) in [5.74, 6) is 0.554. The Morgan fingerprint density at radius 1 is 1.14 bits per heavy atom. The molecule has 0 fully saturated rings. The van der Waals surface area contributed by atoms with Gasteiger partial charge in [-0.3, -0.25) is 9.69 Å². The van der Waals surface area contributed by atoms with Gasteiger partial charge in [-0.25, -0.2) is 4.98 Å². The van der Waals surface area contributed by atoms with Crippen LogP contribution in [0.2, 0.25) is 0 Å². The van der Waals surface area contributed by atoms with Crippen LogP contribution >= 0.6 is 22.9 Å². The second-order valence-corrected chi connectivity index (χ2v) is 8.05. The van der Waals surface area contributed by atoms with E-state index in [1.165, 1.54) is 11.3 Å². The molecule has 0 aliphatic carbocycles. The molecule has 142 valence electrons. The summed E-state index contributed by atoms with van der Waals surface area (Å²) < 4.78 is 10.4. The maximum absolute atomic E-state index is 13.3. The van der Waals surface area contributed by atoms with Gasteiger partial charge in [-0.1, -0.05) is 52.2 Å². The molecule has 4 rings (SSSR count). The minimum absolute atomic E-state index is 0.146. The number of hydrogen-bond donors (Lipinski definition) is 0. The van der Waals surface area contributed by atoms with E-state index in [0.29, 0.717) is 28.0 Å². The molecule has 6 nitrogen and oxygen atoms in total. The van der Waals surface area contributed by atoms with Crippen molar-refractivity contribution >= 4 is 44.1 Å². The molecule has 0 radical (unpaired) electrons. The van der Waals surface area contributed by atoms with Gasteiger partial charge in [0.1, 0.15) is 16.1 Å². The Hall–Kier alpha value is -2.84. The Labute approximate surface area is 170 Å². The number of rotatable bonds is 5. The summed E-state index contributed by atoms with van der Waals surface area (Å²) in [6, 6.07) is 13.8. The molecule has 0 bridgehead atoms. The Kier molecular flexibility index (Phi) is 5.06. The van der Waals surface area contributed by atoms with Gasteiger partial charge in [0.05, 0.1) is 24.0 Å². The first-order valence-corrected chi connectivity index (χ1v) is 10.3. The molecule has 0 spiro atoms. The summed E-state index contributed by atoms with van der Waals surface area (Å²) in [5, 5.41) is 4.62. The Balaban J connectivity index is 1.83. The van der Waals surface area contributed by atoms with Gasteiger partial charge in [-0.05, 0) is 42.6 Å². The standard InChI is InChI=1S/C20H18N4O2S2/c1-12-9-10-15(26-3)16-17(12)27-20(21-16)24(11-14-7-5-4-6-8-14)19(25)18-13(2)22-23-28-18/h4-10H,11H2,1-3H3. The number of thiazole rings is 1. The molecule has 2 heterocycles. The van der Waals surface area contributed by atoms with E-state index in [9.17, 15) is 4.79 Å². The molecule has 0 aliphatic heterocycles. The van der Waals surface area contributed by atoms with Crippen molar-refractivity contribution < 1.29 is 9.53 Å². The molecule has 0 N–H and O–H groups in total. The van der Waals surface area contributed by atoms with Crippen LogP contribution in [0.15, 0.2) is 42.5 Å². The highest BCUT2D eigenvalue weighted by molar-refractivity contribution is 7.22. The first kappa shape index (κ1) is 18.5. The average molecular weight is 411 g/mol. The molecule has 2 aromatic heterocycles. The van der Waals surface area contributed by atoms with Gasteiger partial charge in [0, 0.05) is 0 Å². The van der Waals surface area contributed by atoms with E-state index < -0.39 is 0 Å². The van der Waals surface area contributed by atoms with Crippen LogP contribution in [-0.2, 0) is 6.54 Å². The van der Waals surface area contributed by atoms with Gasteiger partial charge < -0.3 is 4.74 Å². The van der Waals surface area contributed by atoms with E-state index in [0.717, 1.165) is 32.9 Å². The fourth-order valence-electron chi connectivity index (χ4n) is 2.92. The van der Waals surface area contributed by atoms with Crippen LogP contribution in [0.5, 0.6) is 5.75 Å². The first-order valence-electron chi connectivity index (χ1n) is 8.67. The molecule has 2 aromatic carbocycles. The summed E-state index contributed by atoms with van der Waals surface area (Å²) >= 11 is 2.60. The van der Waals surface area contributed by atoms with E-state index in [-0.39, 0.29) is 5.91 Å². The number of carbonyl (C=O) groups excluding carboxylic acids is 1. The minimum Gasteiger partial charge on any atom is -0.494 e. The summed E-state index contributed by atoms with van der Waals surface area (Å²) in [7, 11) is 1.63. The highest BCUT2D eigenvalue weighted by Gasteiger charge is 2.26. The van der Waals surface area contributed by atoms with E-state index in [2.05, 4.69) is 9.59 Å². The zero-order valence-electron chi connectivity index (χ0n) is 15.7. The van der Waals surface area contributed by atoms with Crippen LogP contribution in [0.3, 0.4) is 0 Å². The van der Waals surface area contributed by atoms with Crippen molar-refractivity contribution in [2.75, 3.05) is 12.0 Å². The monoisotopic (exact) mass is 410 g/mol. The van der Waals surface area contributed by atoms with Gasteiger partial charge in [0.15, 0.2) is 5.13 Å². The molecule has 1 amide bonds. The van der Waals surface area contributed by atoms with Gasteiger partial charge in [0.25, 0.3) is 5.91 Å². The lowest BCUT2D eigenvalue weighted by Gasteiger charge is -2.19. The summed E-state index contributed by atoms with van der Waals surface area (Å²) in [6.45, 7) is 4.24. The van der Waals surface area contributed by atoms with Crippen LogP contribution < -0.4 is 9.64 Å². The number of anilines is 1. The SMILES string of the molecule is COc1ccc(C)c2sc(N(Cc3ccccc3)C(=O)c3snnc3C)nc12. The second-order valence-electron chi connectivity index (χ2n) is 6.32. The molecule has 0 unspecified atom stereocenters. The van der Waals surface area contributed by atoms with E-state index >= 15 is 0 Å². The van der Waals surface area contributed by atoms with E-state index in [4.69, 9.17) is 9.72 Å². The highest BCUT2D eigenvalue weighted by Crippen LogP contribution is 2.37. The lowest BCUT2D eigenvalue weighted by Crippen LogP contribution is -2.30. The summed E-state index contributed by atoms with van der Waals surface area (Å²) in [6.07, 6.45) is 0. The van der Waals surface area contributed by atoms with Crippen LogP contribution in [0.25, 0.3) is 10.2 Å². The Bertz CT molecular complexity index is 1140. The molecule has 0 saturated heterocycles. The fraction of sp³-hybridized carbons (Fsp3) is 0.200.